The number of piperidine rings is 1. The van der Waals surface area contributed by atoms with E-state index in [1.807, 2.05) is 24.5 Å². The van der Waals surface area contributed by atoms with Crippen molar-refractivity contribution >= 4 is 21.6 Å². The Labute approximate surface area is 167 Å². The second-order valence-electron chi connectivity index (χ2n) is 7.23. The molecule has 0 radical (unpaired) electrons. The normalized spacial score (nSPS) is 15.4. The van der Waals surface area contributed by atoms with E-state index in [1.165, 1.54) is 5.56 Å². The summed E-state index contributed by atoms with van der Waals surface area (Å²) in [5, 5.41) is 2.82. The van der Waals surface area contributed by atoms with Gasteiger partial charge in [0.1, 0.15) is 0 Å². The third-order valence-corrected chi connectivity index (χ3v) is 7.14. The Morgan fingerprint density at radius 3 is 2.43 bits per heavy atom. The van der Waals surface area contributed by atoms with Crippen LogP contribution in [0.15, 0.2) is 47.6 Å². The monoisotopic (exact) mass is 402 g/mol. The number of aromatic nitrogens is 1. The molecule has 1 saturated heterocycles. The predicted molar refractivity (Wildman–Crippen MR) is 108 cm³/mol. The minimum Gasteiger partial charge on any atom is -0.321 e. The van der Waals surface area contributed by atoms with Gasteiger partial charge < -0.3 is 5.32 Å². The number of amides is 1. The second-order valence-corrected chi connectivity index (χ2v) is 9.13. The SMILES string of the molecule is CCc1cc[n+](CC(=O)Nc2ccc(C)c(S(=O)(=O)N3CCCCC3)c2)cc1. The van der Waals surface area contributed by atoms with Crippen LogP contribution in [0.2, 0.25) is 0 Å². The van der Waals surface area contributed by atoms with Crippen molar-refractivity contribution < 1.29 is 17.8 Å². The maximum absolute atomic E-state index is 13.0. The molecular weight excluding hydrogens is 374 g/mol. The van der Waals surface area contributed by atoms with Gasteiger partial charge in [-0.3, -0.25) is 4.79 Å². The fourth-order valence-electron chi connectivity index (χ4n) is 3.40. The lowest BCUT2D eigenvalue weighted by atomic mass is 10.2. The first kappa shape index (κ1) is 20.5. The number of benzene rings is 1. The van der Waals surface area contributed by atoms with Crippen LogP contribution in [0.25, 0.3) is 0 Å². The van der Waals surface area contributed by atoms with Crippen molar-refractivity contribution in [1.82, 2.24) is 4.31 Å². The number of hydrogen-bond donors (Lipinski definition) is 1. The number of nitrogens with one attached hydrogen (secondary N) is 1. The first-order valence-electron chi connectivity index (χ1n) is 9.79. The number of sulfonamides is 1. The van der Waals surface area contributed by atoms with Gasteiger partial charge in [0.25, 0.3) is 5.91 Å². The molecule has 3 rings (SSSR count). The zero-order valence-electron chi connectivity index (χ0n) is 16.5. The fraction of sp³-hybridized carbons (Fsp3) is 0.429. The van der Waals surface area contributed by atoms with E-state index in [-0.39, 0.29) is 17.3 Å². The van der Waals surface area contributed by atoms with Gasteiger partial charge in [-0.15, -0.1) is 0 Å². The Morgan fingerprint density at radius 1 is 1.11 bits per heavy atom. The molecule has 1 aromatic heterocycles. The lowest BCUT2D eigenvalue weighted by Crippen LogP contribution is -2.39. The van der Waals surface area contributed by atoms with Crippen LogP contribution in [0.5, 0.6) is 0 Å². The standard InChI is InChI=1S/C21H27N3O3S/c1-3-18-9-13-23(14-10-18)16-21(25)22-19-8-7-17(2)20(15-19)28(26,27)24-11-5-4-6-12-24/h7-10,13-15H,3-6,11-12,16H2,1-2H3/p+1. The van der Waals surface area contributed by atoms with Gasteiger partial charge in [-0.2, -0.15) is 8.87 Å². The Hall–Kier alpha value is -2.25. The minimum absolute atomic E-state index is 0.173. The lowest BCUT2D eigenvalue weighted by Gasteiger charge is -2.26. The third-order valence-electron chi connectivity index (χ3n) is 5.10. The zero-order chi connectivity index (χ0) is 20.1. The Morgan fingerprint density at radius 2 is 1.79 bits per heavy atom. The van der Waals surface area contributed by atoms with E-state index in [4.69, 9.17) is 0 Å². The summed E-state index contributed by atoms with van der Waals surface area (Å²) in [6.45, 7) is 5.16. The van der Waals surface area contributed by atoms with E-state index < -0.39 is 10.0 Å². The van der Waals surface area contributed by atoms with Crippen molar-refractivity contribution in [2.45, 2.75) is 51.0 Å². The van der Waals surface area contributed by atoms with E-state index in [0.29, 0.717) is 24.3 Å². The van der Waals surface area contributed by atoms with Gasteiger partial charge in [0, 0.05) is 30.9 Å². The van der Waals surface area contributed by atoms with E-state index in [0.717, 1.165) is 25.7 Å². The van der Waals surface area contributed by atoms with Crippen LogP contribution in [-0.2, 0) is 27.8 Å². The third kappa shape index (κ3) is 4.77. The molecule has 2 aromatic rings. The van der Waals surface area contributed by atoms with Crippen LogP contribution in [0.4, 0.5) is 5.69 Å². The summed E-state index contributed by atoms with van der Waals surface area (Å²) < 4.78 is 29.4. The van der Waals surface area contributed by atoms with Crippen LogP contribution in [-0.4, -0.2) is 31.7 Å². The molecule has 0 unspecified atom stereocenters. The van der Waals surface area contributed by atoms with E-state index in [1.54, 1.807) is 34.0 Å². The van der Waals surface area contributed by atoms with Gasteiger partial charge in [0.2, 0.25) is 16.6 Å². The molecule has 0 spiro atoms. The molecule has 1 amide bonds. The molecule has 0 saturated carbocycles. The zero-order valence-corrected chi connectivity index (χ0v) is 17.3. The molecular formula is C21H28N3O3S+. The molecule has 0 atom stereocenters. The van der Waals surface area contributed by atoms with Crippen LogP contribution in [0.3, 0.4) is 0 Å². The van der Waals surface area contributed by atoms with Gasteiger partial charge >= 0.3 is 0 Å². The summed E-state index contributed by atoms with van der Waals surface area (Å²) in [5.41, 5.74) is 2.40. The summed E-state index contributed by atoms with van der Waals surface area (Å²) >= 11 is 0. The molecule has 1 aliphatic rings. The van der Waals surface area contributed by atoms with Crippen molar-refractivity contribution in [1.29, 1.82) is 0 Å². The summed E-state index contributed by atoms with van der Waals surface area (Å²) in [5.74, 6) is -0.195. The average Bonchev–Trinajstić information content (AvgIpc) is 2.70. The number of carbonyl (C=O) groups is 1. The molecule has 150 valence electrons. The van der Waals surface area contributed by atoms with Crippen molar-refractivity contribution in [2.24, 2.45) is 0 Å². The lowest BCUT2D eigenvalue weighted by molar-refractivity contribution is -0.684. The van der Waals surface area contributed by atoms with Gasteiger partial charge in [-0.25, -0.2) is 8.42 Å². The van der Waals surface area contributed by atoms with Gasteiger partial charge in [-0.05, 0) is 49.4 Å². The molecule has 7 heteroatoms. The summed E-state index contributed by atoms with van der Waals surface area (Å²) in [7, 11) is -3.54. The number of carbonyl (C=O) groups excluding carboxylic acids is 1. The Balaban J connectivity index is 1.74. The maximum Gasteiger partial charge on any atom is 0.290 e. The van der Waals surface area contributed by atoms with Crippen LogP contribution in [0, 0.1) is 6.92 Å². The molecule has 0 aliphatic carbocycles. The van der Waals surface area contributed by atoms with Crippen molar-refractivity contribution in [2.75, 3.05) is 18.4 Å². The van der Waals surface area contributed by atoms with E-state index in [2.05, 4.69) is 12.2 Å². The number of nitrogens with zero attached hydrogens (tertiary/aromatic N) is 2. The summed E-state index contributed by atoms with van der Waals surface area (Å²) in [4.78, 5) is 12.7. The molecule has 1 N–H and O–H groups in total. The Bertz CT molecular complexity index is 934. The van der Waals surface area contributed by atoms with Gasteiger partial charge in [-0.1, -0.05) is 19.4 Å². The average molecular weight is 403 g/mol. The first-order valence-corrected chi connectivity index (χ1v) is 11.2. The summed E-state index contributed by atoms with van der Waals surface area (Å²) in [6, 6.07) is 9.04. The molecule has 0 bridgehead atoms. The first-order chi connectivity index (χ1) is 13.4. The summed E-state index contributed by atoms with van der Waals surface area (Å²) in [6.07, 6.45) is 7.55. The van der Waals surface area contributed by atoms with E-state index in [9.17, 15) is 13.2 Å². The van der Waals surface area contributed by atoms with Crippen molar-refractivity contribution in [3.05, 3.63) is 53.9 Å². The van der Waals surface area contributed by atoms with Crippen LogP contribution < -0.4 is 9.88 Å². The predicted octanol–water partition coefficient (Wildman–Crippen LogP) is 2.66. The fourth-order valence-corrected chi connectivity index (χ4v) is 5.16. The van der Waals surface area contributed by atoms with Crippen LogP contribution in [0.1, 0.15) is 37.3 Å². The molecule has 1 aromatic carbocycles. The van der Waals surface area contributed by atoms with Gasteiger partial charge in [0.05, 0.1) is 4.90 Å². The maximum atomic E-state index is 13.0. The molecule has 6 nitrogen and oxygen atoms in total. The largest absolute Gasteiger partial charge is 0.321 e. The number of aryl methyl sites for hydroxylation is 2. The molecule has 1 aliphatic heterocycles. The Kier molecular flexibility index (Phi) is 6.46. The van der Waals surface area contributed by atoms with Gasteiger partial charge in [0.15, 0.2) is 12.4 Å². The number of pyridine rings is 1. The highest BCUT2D eigenvalue weighted by molar-refractivity contribution is 7.89. The topological polar surface area (TPSA) is 70.4 Å². The molecule has 28 heavy (non-hydrogen) atoms. The smallest absolute Gasteiger partial charge is 0.290 e. The number of anilines is 1. The quantitative estimate of drug-likeness (QED) is 0.755. The van der Waals surface area contributed by atoms with Crippen molar-refractivity contribution in [3.63, 3.8) is 0 Å². The highest BCUT2D eigenvalue weighted by atomic mass is 32.2. The minimum atomic E-state index is -3.54. The molecule has 1 fully saturated rings. The second kappa shape index (κ2) is 8.84. The van der Waals surface area contributed by atoms with E-state index >= 15 is 0 Å². The van der Waals surface area contributed by atoms with Crippen LogP contribution >= 0.6 is 0 Å². The van der Waals surface area contributed by atoms with Crippen molar-refractivity contribution in [3.8, 4) is 0 Å². The number of hydrogen-bond acceptors (Lipinski definition) is 3. The highest BCUT2D eigenvalue weighted by Crippen LogP contribution is 2.26. The molecule has 2 heterocycles. The highest BCUT2D eigenvalue weighted by Gasteiger charge is 2.27. The number of rotatable bonds is 6.